The van der Waals surface area contributed by atoms with E-state index in [1.807, 2.05) is 20.8 Å². The van der Waals surface area contributed by atoms with Crippen LogP contribution in [0.25, 0.3) is 0 Å². The topological polar surface area (TPSA) is 128 Å². The van der Waals surface area contributed by atoms with Gasteiger partial charge in [0, 0.05) is 23.4 Å². The number of thioether (sulfide) groups is 1. The third kappa shape index (κ3) is 7.77. The number of hydrogen-bond donors (Lipinski definition) is 4. The van der Waals surface area contributed by atoms with E-state index in [0.717, 1.165) is 0 Å². The number of halogens is 2. The number of amides is 4. The lowest BCUT2D eigenvalue weighted by Gasteiger charge is -2.29. The first-order valence-corrected chi connectivity index (χ1v) is 13.3. The van der Waals surface area contributed by atoms with E-state index < -0.39 is 35.4 Å². The normalized spacial score (nSPS) is 16.1. The number of carboxylic acid groups (broad SMARTS) is 1. The molecule has 1 aliphatic heterocycles. The summed E-state index contributed by atoms with van der Waals surface area (Å²) in [5.41, 5.74) is 0.771. The number of nitrogens with zero attached hydrogens (tertiary/aromatic N) is 1. The van der Waals surface area contributed by atoms with Gasteiger partial charge in [0.1, 0.15) is 12.1 Å². The zero-order chi connectivity index (χ0) is 27.3. The second-order valence-electron chi connectivity index (χ2n) is 9.52. The molecule has 1 fully saturated rings. The number of urea groups is 1. The van der Waals surface area contributed by atoms with Crippen molar-refractivity contribution in [3.63, 3.8) is 0 Å². The van der Waals surface area contributed by atoms with Crippen LogP contribution >= 0.6 is 35.0 Å². The fourth-order valence-corrected chi connectivity index (χ4v) is 5.31. The molecule has 2 atom stereocenters. The van der Waals surface area contributed by atoms with E-state index in [4.69, 9.17) is 23.2 Å². The van der Waals surface area contributed by atoms with Gasteiger partial charge >= 0.3 is 12.0 Å². The summed E-state index contributed by atoms with van der Waals surface area (Å²) in [6.07, 6.45) is 0.0136. The van der Waals surface area contributed by atoms with Gasteiger partial charge in [-0.15, -0.1) is 11.8 Å². The lowest BCUT2D eigenvalue weighted by atomic mass is 10.0. The van der Waals surface area contributed by atoms with Gasteiger partial charge in [0.15, 0.2) is 0 Å². The molecule has 1 saturated heterocycles. The second kappa shape index (κ2) is 12.1. The fourth-order valence-electron chi connectivity index (χ4n) is 3.59. The molecule has 0 aliphatic carbocycles. The first kappa shape index (κ1) is 28.6. The minimum absolute atomic E-state index is 0.0136. The van der Waals surface area contributed by atoms with E-state index in [9.17, 15) is 24.3 Å². The number of carbonyl (C=O) groups is 4. The zero-order valence-corrected chi connectivity index (χ0v) is 22.8. The van der Waals surface area contributed by atoms with E-state index in [1.165, 1.54) is 16.7 Å². The van der Waals surface area contributed by atoms with Crippen LogP contribution in [0.15, 0.2) is 42.5 Å². The summed E-state index contributed by atoms with van der Waals surface area (Å²) in [7, 11) is 0. The second-order valence-corrected chi connectivity index (χ2v) is 11.3. The minimum atomic E-state index is -1.20. The van der Waals surface area contributed by atoms with Crippen molar-refractivity contribution in [1.29, 1.82) is 0 Å². The maximum atomic E-state index is 12.9. The number of aliphatic carboxylic acids is 1. The van der Waals surface area contributed by atoms with Crippen LogP contribution < -0.4 is 16.0 Å². The van der Waals surface area contributed by atoms with Gasteiger partial charge in [-0.2, -0.15) is 0 Å². The van der Waals surface area contributed by atoms with Gasteiger partial charge < -0.3 is 26.0 Å². The molecule has 0 unspecified atom stereocenters. The Bertz CT molecular complexity index is 1170. The van der Waals surface area contributed by atoms with Gasteiger partial charge in [-0.3, -0.25) is 9.59 Å². The number of nitrogens with one attached hydrogen (secondary N) is 3. The number of benzene rings is 2. The van der Waals surface area contributed by atoms with Crippen molar-refractivity contribution in [2.75, 3.05) is 16.9 Å². The van der Waals surface area contributed by atoms with Gasteiger partial charge in [0.2, 0.25) is 5.91 Å². The lowest BCUT2D eigenvalue weighted by molar-refractivity contribution is -0.142. The molecule has 0 radical (unpaired) electrons. The van der Waals surface area contributed by atoms with Crippen molar-refractivity contribution in [3.05, 3.63) is 63.6 Å². The summed E-state index contributed by atoms with van der Waals surface area (Å²) < 4.78 is 0. The van der Waals surface area contributed by atoms with Gasteiger partial charge in [-0.05, 0) is 50.6 Å². The molecule has 37 heavy (non-hydrogen) atoms. The van der Waals surface area contributed by atoms with Crippen molar-refractivity contribution < 1.29 is 24.3 Å². The fraction of sp³-hybridized carbons (Fsp3) is 0.360. The molecule has 1 aliphatic rings. The molecule has 4 N–H and O–H groups in total. The summed E-state index contributed by atoms with van der Waals surface area (Å²) in [6.45, 7) is 5.52. The summed E-state index contributed by atoms with van der Waals surface area (Å²) in [5.74, 6) is -1.49. The third-order valence-corrected chi connectivity index (χ3v) is 7.03. The Morgan fingerprint density at radius 1 is 1.08 bits per heavy atom. The quantitative estimate of drug-likeness (QED) is 0.397. The Morgan fingerprint density at radius 3 is 2.27 bits per heavy atom. The number of hydrogen-bond acceptors (Lipinski definition) is 5. The highest BCUT2D eigenvalue weighted by atomic mass is 35.5. The van der Waals surface area contributed by atoms with Gasteiger partial charge in [-0.1, -0.05) is 41.4 Å². The number of carboxylic acids is 1. The predicted octanol–water partition coefficient (Wildman–Crippen LogP) is 4.24. The molecule has 9 nitrogen and oxygen atoms in total. The van der Waals surface area contributed by atoms with Crippen LogP contribution in [-0.2, 0) is 16.0 Å². The van der Waals surface area contributed by atoms with Crippen LogP contribution in [0.4, 0.5) is 10.5 Å². The number of carbonyl (C=O) groups excluding carboxylic acids is 3. The van der Waals surface area contributed by atoms with Gasteiger partial charge in [-0.25, -0.2) is 9.59 Å². The molecule has 4 amide bonds. The molecule has 2 aromatic carbocycles. The van der Waals surface area contributed by atoms with E-state index in [0.29, 0.717) is 22.9 Å². The highest BCUT2D eigenvalue weighted by Gasteiger charge is 2.37. The smallest absolute Gasteiger partial charge is 0.326 e. The Labute approximate surface area is 229 Å². The maximum absolute atomic E-state index is 12.9. The molecular formula is C25H28Cl2N4O5S. The van der Waals surface area contributed by atoms with Crippen molar-refractivity contribution in [2.24, 2.45) is 0 Å². The molecule has 198 valence electrons. The highest BCUT2D eigenvalue weighted by Crippen LogP contribution is 2.26. The maximum Gasteiger partial charge on any atom is 0.326 e. The highest BCUT2D eigenvalue weighted by molar-refractivity contribution is 7.99. The van der Waals surface area contributed by atoms with Crippen molar-refractivity contribution in [2.45, 2.75) is 44.8 Å². The van der Waals surface area contributed by atoms with Crippen LogP contribution in [-0.4, -0.2) is 63.1 Å². The lowest BCUT2D eigenvalue weighted by Crippen LogP contribution is -2.56. The first-order chi connectivity index (χ1) is 17.4. The van der Waals surface area contributed by atoms with Crippen LogP contribution in [0.1, 0.15) is 36.7 Å². The monoisotopic (exact) mass is 566 g/mol. The van der Waals surface area contributed by atoms with E-state index in [1.54, 1.807) is 42.5 Å². The Morgan fingerprint density at radius 2 is 1.70 bits per heavy atom. The number of rotatable bonds is 7. The molecule has 0 saturated carbocycles. The molecule has 2 aromatic rings. The van der Waals surface area contributed by atoms with Crippen LogP contribution in [0, 0.1) is 0 Å². The summed E-state index contributed by atoms with van der Waals surface area (Å²) in [4.78, 5) is 51.4. The summed E-state index contributed by atoms with van der Waals surface area (Å²) in [6, 6.07) is 8.95. The predicted molar refractivity (Wildman–Crippen MR) is 145 cm³/mol. The van der Waals surface area contributed by atoms with E-state index >= 15 is 0 Å². The Balaban J connectivity index is 1.63. The average Bonchev–Trinajstić information content (AvgIpc) is 3.29. The van der Waals surface area contributed by atoms with Gasteiger partial charge in [0.25, 0.3) is 5.91 Å². The SMILES string of the molecule is CC(C)(C)NC(=O)N1CSC[C@@H]1C(=O)N[C@@H](Cc1ccc(NC(=O)c2c(Cl)cccc2Cl)cc1)C(=O)O. The molecule has 0 bridgehead atoms. The summed E-state index contributed by atoms with van der Waals surface area (Å²) >= 11 is 13.6. The van der Waals surface area contributed by atoms with E-state index in [2.05, 4.69) is 16.0 Å². The van der Waals surface area contributed by atoms with E-state index in [-0.39, 0.29) is 28.1 Å². The van der Waals surface area contributed by atoms with Crippen molar-refractivity contribution in [1.82, 2.24) is 15.5 Å². The molecule has 12 heteroatoms. The van der Waals surface area contributed by atoms with Crippen LogP contribution in [0.2, 0.25) is 10.0 Å². The molecule has 3 rings (SSSR count). The Hall–Kier alpha value is -2.95. The Kier molecular flexibility index (Phi) is 9.33. The molecular weight excluding hydrogens is 539 g/mol. The first-order valence-electron chi connectivity index (χ1n) is 11.4. The van der Waals surface area contributed by atoms with Crippen molar-refractivity contribution in [3.8, 4) is 0 Å². The number of anilines is 1. The van der Waals surface area contributed by atoms with Gasteiger partial charge in [0.05, 0.1) is 21.5 Å². The molecule has 0 spiro atoms. The molecule has 0 aromatic heterocycles. The minimum Gasteiger partial charge on any atom is -0.480 e. The largest absolute Gasteiger partial charge is 0.480 e. The van der Waals surface area contributed by atoms with Crippen LogP contribution in [0.5, 0.6) is 0 Å². The molecule has 1 heterocycles. The van der Waals surface area contributed by atoms with Crippen molar-refractivity contribution >= 4 is 64.5 Å². The third-order valence-electron chi connectivity index (χ3n) is 5.38. The van der Waals surface area contributed by atoms with Crippen LogP contribution in [0.3, 0.4) is 0 Å². The standard InChI is InChI=1S/C25H28Cl2N4O5S/c1-25(2,3)30-24(36)31-13-37-12-19(31)21(32)29-18(23(34)35)11-14-7-9-15(10-8-14)28-22(33)20-16(26)5-4-6-17(20)27/h4-10,18-19H,11-13H2,1-3H3,(H,28,33)(H,29,32)(H,30,36)(H,34,35)/t18-,19+/m0/s1. The zero-order valence-electron chi connectivity index (χ0n) is 20.5. The average molecular weight is 567 g/mol. The summed E-state index contributed by atoms with van der Waals surface area (Å²) in [5, 5.41) is 18.2.